The molecule has 0 heterocycles. The number of phosphoric ester groups is 2. The largest absolute Gasteiger partial charge is 0.756 e. The summed E-state index contributed by atoms with van der Waals surface area (Å²) < 4.78 is 25.9. The SMILES string of the molecule is COP(=O)(O)O.COP(=O)([O-])O.[Y].[Y]. The van der Waals surface area contributed by atoms with Gasteiger partial charge in [0.05, 0.1) is 0 Å². The summed E-state index contributed by atoms with van der Waals surface area (Å²) in [5.41, 5.74) is 0. The molecule has 82 valence electrons. The Bertz CT molecular complexity index is 174. The smallest absolute Gasteiger partial charge is 0.469 e. The molecule has 12 heteroatoms. The first-order valence-electron chi connectivity index (χ1n) is 2.33. The van der Waals surface area contributed by atoms with Crippen LogP contribution < -0.4 is 4.89 Å². The number of hydrogen-bond donors (Lipinski definition) is 3. The molecule has 0 aliphatic heterocycles. The molecule has 0 bridgehead atoms. The first kappa shape index (κ1) is 25.3. The molecule has 0 rings (SSSR count). The predicted octanol–water partition coefficient (Wildman–Crippen LogP) is -1.19. The summed E-state index contributed by atoms with van der Waals surface area (Å²) in [5, 5.41) is 0. The fraction of sp³-hybridized carbons (Fsp3) is 1.00. The van der Waals surface area contributed by atoms with Crippen LogP contribution in [0, 0.1) is 0 Å². The Hall–Kier alpha value is 2.43. The van der Waals surface area contributed by atoms with E-state index < -0.39 is 15.6 Å². The van der Waals surface area contributed by atoms with Crippen molar-refractivity contribution in [2.75, 3.05) is 14.2 Å². The average Bonchev–Trinajstić information content (AvgIpc) is 1.86. The van der Waals surface area contributed by atoms with Crippen molar-refractivity contribution in [2.24, 2.45) is 0 Å². The maximum absolute atomic E-state index is 9.47. The van der Waals surface area contributed by atoms with Crippen LogP contribution >= 0.6 is 15.6 Å². The van der Waals surface area contributed by atoms with Crippen molar-refractivity contribution >= 4 is 15.6 Å². The van der Waals surface area contributed by atoms with Crippen LogP contribution in [0.1, 0.15) is 0 Å². The molecule has 0 aliphatic carbocycles. The van der Waals surface area contributed by atoms with E-state index in [0.717, 1.165) is 14.2 Å². The zero-order valence-corrected chi connectivity index (χ0v) is 14.9. The van der Waals surface area contributed by atoms with Gasteiger partial charge in [-0.2, -0.15) is 0 Å². The van der Waals surface area contributed by atoms with Crippen LogP contribution in [0.2, 0.25) is 0 Å². The van der Waals surface area contributed by atoms with Gasteiger partial charge in [0.1, 0.15) is 0 Å². The third kappa shape index (κ3) is 36.6. The second kappa shape index (κ2) is 11.9. The van der Waals surface area contributed by atoms with Gasteiger partial charge in [0, 0.05) is 79.6 Å². The van der Waals surface area contributed by atoms with Crippen LogP contribution in [-0.4, -0.2) is 28.9 Å². The van der Waals surface area contributed by atoms with Gasteiger partial charge < -0.3 is 24.1 Å². The van der Waals surface area contributed by atoms with Crippen molar-refractivity contribution in [2.45, 2.75) is 0 Å². The molecule has 0 spiro atoms. The van der Waals surface area contributed by atoms with Crippen LogP contribution in [-0.2, 0) is 83.6 Å². The second-order valence-corrected chi connectivity index (χ2v) is 3.97. The molecule has 0 aromatic rings. The van der Waals surface area contributed by atoms with Crippen LogP contribution in [0.15, 0.2) is 0 Å². The topological polar surface area (TPSA) is 136 Å². The zero-order chi connectivity index (χ0) is 10.4. The summed E-state index contributed by atoms with van der Waals surface area (Å²) in [6.07, 6.45) is 0. The average molecular weight is 401 g/mol. The summed E-state index contributed by atoms with van der Waals surface area (Å²) in [6, 6.07) is 0. The van der Waals surface area contributed by atoms with Crippen LogP contribution in [0.3, 0.4) is 0 Å². The van der Waals surface area contributed by atoms with Gasteiger partial charge in [-0.05, 0) is 0 Å². The Kier molecular flexibility index (Phi) is 21.5. The third-order valence-electron chi connectivity index (χ3n) is 0.469. The number of rotatable bonds is 2. The van der Waals surface area contributed by atoms with Crippen LogP contribution in [0.4, 0.5) is 0 Å². The summed E-state index contributed by atoms with van der Waals surface area (Å²) in [6.45, 7) is 0. The van der Waals surface area contributed by atoms with Crippen molar-refractivity contribution in [1.29, 1.82) is 0 Å². The second-order valence-electron chi connectivity index (χ2n) is 1.32. The van der Waals surface area contributed by atoms with Gasteiger partial charge >= 0.3 is 7.82 Å². The van der Waals surface area contributed by atoms with E-state index in [4.69, 9.17) is 14.7 Å². The Morgan fingerprint density at radius 2 is 1.14 bits per heavy atom. The Morgan fingerprint density at radius 3 is 1.14 bits per heavy atom. The minimum Gasteiger partial charge on any atom is -0.756 e. The van der Waals surface area contributed by atoms with E-state index in [1.54, 1.807) is 0 Å². The fourth-order valence-electron chi connectivity index (χ4n) is 0. The molecule has 0 aromatic heterocycles. The van der Waals surface area contributed by atoms with E-state index in [9.17, 15) is 14.0 Å². The van der Waals surface area contributed by atoms with Crippen molar-refractivity contribution in [3.63, 3.8) is 0 Å². The van der Waals surface area contributed by atoms with Crippen molar-refractivity contribution < 1.29 is 103 Å². The molecule has 14 heavy (non-hydrogen) atoms. The molecule has 1 unspecified atom stereocenters. The molecule has 0 aliphatic rings. The molecule has 3 N–H and O–H groups in total. The zero-order valence-electron chi connectivity index (χ0n) is 7.43. The standard InChI is InChI=1S/2CH5O4P.2Y/c2*1-5-6(2,3)4;;/h2*1H3,(H2,2,3,4);;/p-1. The van der Waals surface area contributed by atoms with Gasteiger partial charge in [-0.25, -0.2) is 4.57 Å². The molecule has 0 saturated carbocycles. The summed E-state index contributed by atoms with van der Waals surface area (Å²) in [4.78, 5) is 32.4. The van der Waals surface area contributed by atoms with Gasteiger partial charge in [-0.1, -0.05) is 0 Å². The molecule has 0 fully saturated rings. The molecule has 1 atom stereocenters. The van der Waals surface area contributed by atoms with E-state index >= 15 is 0 Å². The fourth-order valence-corrected chi connectivity index (χ4v) is 0. The third-order valence-corrected chi connectivity index (χ3v) is 1.41. The van der Waals surface area contributed by atoms with Gasteiger partial charge in [0.25, 0.3) is 7.82 Å². The normalized spacial score (nSPS) is 13.6. The molecule has 0 amide bonds. The van der Waals surface area contributed by atoms with Gasteiger partial charge in [-0.15, -0.1) is 0 Å². The molecule has 0 saturated heterocycles. The van der Waals surface area contributed by atoms with Crippen LogP contribution in [0.25, 0.3) is 0 Å². The summed E-state index contributed by atoms with van der Waals surface area (Å²) in [5.74, 6) is 0. The Labute approximate surface area is 131 Å². The monoisotopic (exact) mass is 401 g/mol. The van der Waals surface area contributed by atoms with Crippen LogP contribution in [0.5, 0.6) is 0 Å². The minimum absolute atomic E-state index is 0. The predicted molar refractivity (Wildman–Crippen MR) is 35.9 cm³/mol. The molecule has 8 nitrogen and oxygen atoms in total. The number of phosphoric acid groups is 2. The van der Waals surface area contributed by atoms with Crippen molar-refractivity contribution in [3.8, 4) is 0 Å². The molecular formula is C2H9O8P2Y2-. The first-order valence-corrected chi connectivity index (χ1v) is 5.36. The quantitative estimate of drug-likeness (QED) is 0.492. The van der Waals surface area contributed by atoms with Gasteiger partial charge in [0.15, 0.2) is 0 Å². The molecular weight excluding hydrogens is 392 g/mol. The van der Waals surface area contributed by atoms with Crippen molar-refractivity contribution in [1.82, 2.24) is 0 Å². The summed E-state index contributed by atoms with van der Waals surface area (Å²) in [7, 11) is -6.72. The van der Waals surface area contributed by atoms with E-state index in [0.29, 0.717) is 0 Å². The Morgan fingerprint density at radius 1 is 1.00 bits per heavy atom. The first-order chi connectivity index (χ1) is 5.12. The van der Waals surface area contributed by atoms with Gasteiger partial charge in [0.2, 0.25) is 0 Å². The van der Waals surface area contributed by atoms with E-state index in [1.165, 1.54) is 0 Å². The minimum atomic E-state index is -4.40. The van der Waals surface area contributed by atoms with E-state index in [-0.39, 0.29) is 65.4 Å². The van der Waals surface area contributed by atoms with E-state index in [2.05, 4.69) is 9.05 Å². The van der Waals surface area contributed by atoms with Crippen molar-refractivity contribution in [3.05, 3.63) is 0 Å². The summed E-state index contributed by atoms with van der Waals surface area (Å²) >= 11 is 0. The molecule has 2 radical (unpaired) electrons. The Balaban J connectivity index is -0.0000000625. The molecule has 0 aromatic carbocycles. The maximum atomic E-state index is 9.47. The van der Waals surface area contributed by atoms with Gasteiger partial charge in [-0.3, -0.25) is 9.09 Å². The number of hydrogen-bond acceptors (Lipinski definition) is 5. The van der Waals surface area contributed by atoms with E-state index in [1.807, 2.05) is 0 Å². The maximum Gasteiger partial charge on any atom is 0.469 e.